The summed E-state index contributed by atoms with van der Waals surface area (Å²) >= 11 is 0. The number of nitrogens with zero attached hydrogens (tertiary/aromatic N) is 3. The molecule has 160 valence electrons. The molecule has 0 bridgehead atoms. The predicted molar refractivity (Wildman–Crippen MR) is 118 cm³/mol. The highest BCUT2D eigenvalue weighted by molar-refractivity contribution is 5.76. The van der Waals surface area contributed by atoms with Gasteiger partial charge in [-0.25, -0.2) is 9.97 Å². The van der Waals surface area contributed by atoms with Crippen LogP contribution in [-0.4, -0.2) is 40.5 Å². The van der Waals surface area contributed by atoms with Gasteiger partial charge in [0.15, 0.2) is 0 Å². The summed E-state index contributed by atoms with van der Waals surface area (Å²) < 4.78 is 6.08. The van der Waals surface area contributed by atoms with Gasteiger partial charge in [0.05, 0.1) is 6.61 Å². The Morgan fingerprint density at radius 3 is 2.60 bits per heavy atom. The molecule has 1 fully saturated rings. The van der Waals surface area contributed by atoms with Crippen LogP contribution < -0.4 is 10.5 Å². The van der Waals surface area contributed by atoms with Gasteiger partial charge in [-0.2, -0.15) is 0 Å². The molecule has 1 amide bonds. The molecule has 1 aromatic carbocycles. The van der Waals surface area contributed by atoms with Crippen molar-refractivity contribution in [3.05, 3.63) is 36.2 Å². The van der Waals surface area contributed by atoms with Crippen LogP contribution in [0.1, 0.15) is 45.1 Å². The summed E-state index contributed by atoms with van der Waals surface area (Å²) in [4.78, 5) is 23.2. The number of fused-ring (bicyclic) bond motifs is 1. The number of amides is 1. The molecular weight excluding hydrogens is 376 g/mol. The number of benzene rings is 1. The number of carbonyl (C=O) groups is 1. The molecular formula is C24H32N4O2. The molecule has 0 spiro atoms. The van der Waals surface area contributed by atoms with Crippen molar-refractivity contribution >= 4 is 11.9 Å². The lowest BCUT2D eigenvalue weighted by molar-refractivity contribution is -0.134. The number of nitrogens with two attached hydrogens (primary N) is 1. The smallest absolute Gasteiger partial charge is 0.222 e. The zero-order chi connectivity index (χ0) is 21.1. The lowest BCUT2D eigenvalue weighted by atomic mass is 9.82. The molecule has 4 rings (SSSR count). The highest BCUT2D eigenvalue weighted by Crippen LogP contribution is 2.34. The molecule has 1 saturated heterocycles. The molecule has 0 saturated carbocycles. The van der Waals surface area contributed by atoms with Crippen molar-refractivity contribution in [2.75, 3.05) is 25.4 Å². The first-order valence-electron chi connectivity index (χ1n) is 11.1. The van der Waals surface area contributed by atoms with Crippen LogP contribution in [0.3, 0.4) is 0 Å². The first kappa shape index (κ1) is 20.6. The van der Waals surface area contributed by atoms with E-state index in [2.05, 4.69) is 34.8 Å². The second kappa shape index (κ2) is 9.02. The fourth-order valence-corrected chi connectivity index (χ4v) is 4.58. The Morgan fingerprint density at radius 2 is 1.87 bits per heavy atom. The van der Waals surface area contributed by atoms with Crippen LogP contribution in [-0.2, 0) is 11.2 Å². The van der Waals surface area contributed by atoms with Gasteiger partial charge in [0.1, 0.15) is 5.75 Å². The first-order chi connectivity index (χ1) is 14.5. The maximum atomic E-state index is 12.9. The van der Waals surface area contributed by atoms with E-state index in [4.69, 9.17) is 10.5 Å². The standard InChI is InChI=1S/C24H32N4O2/c1-16-5-8-28(9-6-16)23(29)13-18-7-10-30-22-4-3-19(12-20(22)11-17(18)2)21-14-26-24(25)27-15-21/h3-4,12,14-18H,5-11,13H2,1-2H3,(H2,25,26,27). The molecule has 2 aromatic rings. The number of aromatic nitrogens is 2. The van der Waals surface area contributed by atoms with Gasteiger partial charge >= 0.3 is 0 Å². The lowest BCUT2D eigenvalue weighted by Gasteiger charge is -2.33. The molecule has 6 heteroatoms. The summed E-state index contributed by atoms with van der Waals surface area (Å²) in [5, 5.41) is 0. The summed E-state index contributed by atoms with van der Waals surface area (Å²) in [7, 11) is 0. The quantitative estimate of drug-likeness (QED) is 0.832. The summed E-state index contributed by atoms with van der Waals surface area (Å²) in [5.74, 6) is 3.02. The third kappa shape index (κ3) is 4.74. The van der Waals surface area contributed by atoms with Crippen LogP contribution in [0, 0.1) is 17.8 Å². The van der Waals surface area contributed by atoms with Crippen molar-refractivity contribution in [1.82, 2.24) is 14.9 Å². The van der Waals surface area contributed by atoms with Crippen molar-refractivity contribution in [3.63, 3.8) is 0 Å². The minimum atomic E-state index is 0.276. The van der Waals surface area contributed by atoms with E-state index in [-0.39, 0.29) is 5.95 Å². The van der Waals surface area contributed by atoms with Gasteiger partial charge in [0, 0.05) is 37.5 Å². The monoisotopic (exact) mass is 408 g/mol. The van der Waals surface area contributed by atoms with Crippen molar-refractivity contribution in [3.8, 4) is 16.9 Å². The van der Waals surface area contributed by atoms with E-state index in [9.17, 15) is 4.79 Å². The number of ether oxygens (including phenoxy) is 1. The van der Waals surface area contributed by atoms with Crippen molar-refractivity contribution in [2.24, 2.45) is 17.8 Å². The van der Waals surface area contributed by atoms with Gasteiger partial charge in [0.2, 0.25) is 11.9 Å². The van der Waals surface area contributed by atoms with Crippen LogP contribution in [0.2, 0.25) is 0 Å². The Bertz CT molecular complexity index is 875. The van der Waals surface area contributed by atoms with E-state index >= 15 is 0 Å². The molecule has 0 radical (unpaired) electrons. The molecule has 1 aromatic heterocycles. The Balaban J connectivity index is 1.46. The van der Waals surface area contributed by atoms with E-state index in [1.165, 1.54) is 5.56 Å². The van der Waals surface area contributed by atoms with E-state index in [0.717, 1.165) is 61.6 Å². The molecule has 2 N–H and O–H groups in total. The number of anilines is 1. The van der Waals surface area contributed by atoms with Crippen molar-refractivity contribution in [1.29, 1.82) is 0 Å². The number of likely N-dealkylation sites (tertiary alicyclic amines) is 1. The lowest BCUT2D eigenvalue weighted by Crippen LogP contribution is -2.39. The molecule has 6 nitrogen and oxygen atoms in total. The topological polar surface area (TPSA) is 81.3 Å². The summed E-state index contributed by atoms with van der Waals surface area (Å²) in [6.45, 7) is 7.01. The summed E-state index contributed by atoms with van der Waals surface area (Å²) in [6, 6.07) is 6.24. The second-order valence-electron chi connectivity index (χ2n) is 9.00. The molecule has 30 heavy (non-hydrogen) atoms. The van der Waals surface area contributed by atoms with Gasteiger partial charge in [-0.1, -0.05) is 19.9 Å². The molecule has 2 aliphatic rings. The normalized spacial score (nSPS) is 22.5. The number of piperidine rings is 1. The van der Waals surface area contributed by atoms with Crippen LogP contribution in [0.15, 0.2) is 30.6 Å². The predicted octanol–water partition coefficient (Wildman–Crippen LogP) is 3.95. The van der Waals surface area contributed by atoms with Crippen molar-refractivity contribution < 1.29 is 9.53 Å². The molecule has 2 atom stereocenters. The third-order valence-electron chi connectivity index (χ3n) is 6.73. The summed E-state index contributed by atoms with van der Waals surface area (Å²) in [6.07, 6.45) is 8.19. The van der Waals surface area contributed by atoms with Crippen LogP contribution >= 0.6 is 0 Å². The van der Waals surface area contributed by atoms with E-state index in [0.29, 0.717) is 30.8 Å². The number of rotatable bonds is 3. The molecule has 0 aliphatic carbocycles. The Hall–Kier alpha value is -2.63. The number of hydrogen-bond acceptors (Lipinski definition) is 5. The molecule has 2 aliphatic heterocycles. The SMILES string of the molecule is CC1CCN(C(=O)CC2CCOc3ccc(-c4cnc(N)nc4)cc3CC2C)CC1. The Kier molecular flexibility index (Phi) is 6.21. The minimum Gasteiger partial charge on any atom is -0.493 e. The van der Waals surface area contributed by atoms with Gasteiger partial charge in [-0.15, -0.1) is 0 Å². The maximum Gasteiger partial charge on any atom is 0.222 e. The van der Waals surface area contributed by atoms with E-state index in [1.807, 2.05) is 12.1 Å². The number of nitrogen functional groups attached to an aromatic ring is 1. The van der Waals surface area contributed by atoms with Crippen LogP contribution in [0.25, 0.3) is 11.1 Å². The van der Waals surface area contributed by atoms with Gasteiger partial charge in [-0.05, 0) is 66.7 Å². The van der Waals surface area contributed by atoms with Crippen LogP contribution in [0.4, 0.5) is 5.95 Å². The minimum absolute atomic E-state index is 0.276. The van der Waals surface area contributed by atoms with Crippen LogP contribution in [0.5, 0.6) is 5.75 Å². The maximum absolute atomic E-state index is 12.9. The highest BCUT2D eigenvalue weighted by Gasteiger charge is 2.28. The number of hydrogen-bond donors (Lipinski definition) is 1. The van der Waals surface area contributed by atoms with E-state index in [1.54, 1.807) is 12.4 Å². The third-order valence-corrected chi connectivity index (χ3v) is 6.73. The zero-order valence-electron chi connectivity index (χ0n) is 18.0. The summed E-state index contributed by atoms with van der Waals surface area (Å²) in [5.41, 5.74) is 8.79. The zero-order valence-corrected chi connectivity index (χ0v) is 18.0. The largest absolute Gasteiger partial charge is 0.493 e. The van der Waals surface area contributed by atoms with Gasteiger partial charge < -0.3 is 15.4 Å². The average molecular weight is 409 g/mol. The average Bonchev–Trinajstić information content (AvgIpc) is 2.73. The Labute approximate surface area is 178 Å². The van der Waals surface area contributed by atoms with Crippen molar-refractivity contribution in [2.45, 2.75) is 46.0 Å². The van der Waals surface area contributed by atoms with Gasteiger partial charge in [-0.3, -0.25) is 4.79 Å². The number of carbonyl (C=O) groups excluding carboxylic acids is 1. The second-order valence-corrected chi connectivity index (χ2v) is 9.00. The fourth-order valence-electron chi connectivity index (χ4n) is 4.58. The Morgan fingerprint density at radius 1 is 1.13 bits per heavy atom. The molecule has 3 heterocycles. The fraction of sp³-hybridized carbons (Fsp3) is 0.542. The highest BCUT2D eigenvalue weighted by atomic mass is 16.5. The van der Waals surface area contributed by atoms with Gasteiger partial charge in [0.25, 0.3) is 0 Å². The first-order valence-corrected chi connectivity index (χ1v) is 11.1. The van der Waals surface area contributed by atoms with E-state index < -0.39 is 0 Å². The molecule has 2 unspecified atom stereocenters.